The summed E-state index contributed by atoms with van der Waals surface area (Å²) in [6, 6.07) is 4.49. The number of nitrogens with one attached hydrogen (secondary N) is 3. The number of carboxylic acid groups (broad SMARTS) is 1. The van der Waals surface area contributed by atoms with Crippen molar-refractivity contribution < 1.29 is 46.9 Å². The van der Waals surface area contributed by atoms with Crippen molar-refractivity contribution in [2.45, 2.75) is 94.2 Å². The van der Waals surface area contributed by atoms with Crippen molar-refractivity contribution in [3.05, 3.63) is 41.4 Å². The van der Waals surface area contributed by atoms with Gasteiger partial charge in [-0.3, -0.25) is 19.1 Å². The van der Waals surface area contributed by atoms with Gasteiger partial charge in [-0.2, -0.15) is 4.98 Å². The summed E-state index contributed by atoms with van der Waals surface area (Å²) < 4.78 is 44.8. The van der Waals surface area contributed by atoms with E-state index in [2.05, 4.69) is 20.3 Å². The Bertz CT molecular complexity index is 1940. The number of allylic oxidation sites excluding steroid dienone is 1. The van der Waals surface area contributed by atoms with E-state index >= 15 is 0 Å². The Labute approximate surface area is 319 Å². The zero-order valence-corrected chi connectivity index (χ0v) is 32.4. The molecule has 294 valence electrons. The van der Waals surface area contributed by atoms with Crippen LogP contribution in [0.4, 0.5) is 4.79 Å². The molecule has 1 aromatic heterocycles. The maximum absolute atomic E-state index is 14.5. The Morgan fingerprint density at radius 3 is 2.61 bits per heavy atom. The van der Waals surface area contributed by atoms with Crippen molar-refractivity contribution in [2.75, 3.05) is 26.9 Å². The second-order valence-corrected chi connectivity index (χ2v) is 17.9. The largest absolute Gasteiger partial charge is 0.475 e. The lowest BCUT2D eigenvalue weighted by Gasteiger charge is -2.32. The van der Waals surface area contributed by atoms with Gasteiger partial charge in [0, 0.05) is 41.3 Å². The highest BCUT2D eigenvalue weighted by Gasteiger charge is 2.63. The van der Waals surface area contributed by atoms with Crippen molar-refractivity contribution in [3.8, 4) is 11.8 Å². The SMILES string of the molecule is COCCOc1cc2c(Cl)cccc2c(O[C@@H]2C[C@H]3C(=O)N[C@]4(C(=O)NS(=O)(=O)C5(C)CC5)C[C@H]4C=CCC[C@@H](C)C[C@@H](C)[C@H](NC(=O)O)C(=O)N3C2)n1. The van der Waals surface area contributed by atoms with Gasteiger partial charge < -0.3 is 34.9 Å². The quantitative estimate of drug-likeness (QED) is 0.202. The molecular formula is C37H48ClN5O10S. The highest BCUT2D eigenvalue weighted by atomic mass is 35.5. The van der Waals surface area contributed by atoms with E-state index in [0.29, 0.717) is 48.1 Å². The highest BCUT2D eigenvalue weighted by Crippen LogP contribution is 2.47. The third-order valence-electron chi connectivity index (χ3n) is 11.1. The second kappa shape index (κ2) is 15.5. The van der Waals surface area contributed by atoms with Gasteiger partial charge in [-0.15, -0.1) is 0 Å². The summed E-state index contributed by atoms with van der Waals surface area (Å²) in [5, 5.41) is 16.6. The fourth-order valence-electron chi connectivity index (χ4n) is 7.47. The van der Waals surface area contributed by atoms with E-state index in [9.17, 15) is 32.7 Å². The lowest BCUT2D eigenvalue weighted by Crippen LogP contribution is -2.59. The molecule has 3 fully saturated rings. The number of halogens is 1. The minimum Gasteiger partial charge on any atom is -0.475 e. The van der Waals surface area contributed by atoms with Crippen LogP contribution in [-0.2, 0) is 29.1 Å². The van der Waals surface area contributed by atoms with Crippen LogP contribution >= 0.6 is 11.6 Å². The molecule has 4 amide bonds. The number of hydrogen-bond acceptors (Lipinski definition) is 10. The van der Waals surface area contributed by atoms with Gasteiger partial charge in [0.2, 0.25) is 33.6 Å². The number of hydrogen-bond donors (Lipinski definition) is 4. The number of carbonyl (C=O) groups excluding carboxylic acids is 3. The van der Waals surface area contributed by atoms with Gasteiger partial charge in [-0.05, 0) is 69.4 Å². The topological polar surface area (TPSA) is 203 Å². The fraction of sp³-hybridized carbons (Fsp3) is 0.595. The molecule has 0 spiro atoms. The van der Waals surface area contributed by atoms with Gasteiger partial charge in [0.1, 0.15) is 30.3 Å². The van der Waals surface area contributed by atoms with Gasteiger partial charge in [0.15, 0.2) is 0 Å². The van der Waals surface area contributed by atoms with Crippen LogP contribution in [0.3, 0.4) is 0 Å². The van der Waals surface area contributed by atoms with Crippen molar-refractivity contribution in [1.29, 1.82) is 0 Å². The third kappa shape index (κ3) is 8.25. The first-order chi connectivity index (χ1) is 25.6. The van der Waals surface area contributed by atoms with Crippen molar-refractivity contribution >= 4 is 56.2 Å². The minimum atomic E-state index is -4.02. The number of pyridine rings is 1. The molecule has 2 aliphatic carbocycles. The molecule has 4 aliphatic rings. The van der Waals surface area contributed by atoms with E-state index in [1.165, 1.54) is 4.90 Å². The minimum absolute atomic E-state index is 0.0464. The first-order valence-electron chi connectivity index (χ1n) is 18.3. The Morgan fingerprint density at radius 1 is 1.15 bits per heavy atom. The summed E-state index contributed by atoms with van der Waals surface area (Å²) in [6.07, 6.45) is 4.38. The molecule has 6 rings (SSSR count). The van der Waals surface area contributed by atoms with Crippen LogP contribution in [0.2, 0.25) is 5.02 Å². The maximum atomic E-state index is 14.5. The average molecular weight is 790 g/mol. The van der Waals surface area contributed by atoms with E-state index in [1.807, 2.05) is 19.1 Å². The van der Waals surface area contributed by atoms with E-state index in [0.717, 1.165) is 6.42 Å². The molecule has 15 nitrogen and oxygen atoms in total. The lowest BCUT2D eigenvalue weighted by atomic mass is 9.88. The molecule has 0 bridgehead atoms. The van der Waals surface area contributed by atoms with Gasteiger partial charge in [-0.1, -0.05) is 43.7 Å². The van der Waals surface area contributed by atoms with Crippen LogP contribution in [-0.4, -0.2) is 103 Å². The van der Waals surface area contributed by atoms with Gasteiger partial charge in [0.05, 0.1) is 17.9 Å². The zero-order chi connectivity index (χ0) is 39.0. The van der Waals surface area contributed by atoms with Crippen molar-refractivity contribution in [1.82, 2.24) is 25.2 Å². The first-order valence-corrected chi connectivity index (χ1v) is 20.2. The smallest absolute Gasteiger partial charge is 0.405 e. The van der Waals surface area contributed by atoms with Crippen LogP contribution in [0.25, 0.3) is 10.8 Å². The van der Waals surface area contributed by atoms with Crippen molar-refractivity contribution in [3.63, 3.8) is 0 Å². The Kier molecular flexibility index (Phi) is 11.4. The molecule has 1 aromatic carbocycles. The molecule has 2 saturated carbocycles. The molecule has 54 heavy (non-hydrogen) atoms. The summed E-state index contributed by atoms with van der Waals surface area (Å²) in [6.45, 7) is 5.77. The van der Waals surface area contributed by atoms with Crippen molar-refractivity contribution in [2.24, 2.45) is 17.8 Å². The average Bonchev–Trinajstić information content (AvgIpc) is 3.99. The second-order valence-electron chi connectivity index (χ2n) is 15.3. The lowest BCUT2D eigenvalue weighted by molar-refractivity contribution is -0.142. The third-order valence-corrected chi connectivity index (χ3v) is 13.6. The van der Waals surface area contributed by atoms with E-state index in [4.69, 9.17) is 25.8 Å². The van der Waals surface area contributed by atoms with Crippen LogP contribution in [0.15, 0.2) is 36.4 Å². The number of nitrogens with zero attached hydrogens (tertiary/aromatic N) is 2. The molecule has 4 N–H and O–H groups in total. The number of sulfonamides is 1. The molecule has 0 radical (unpaired) electrons. The predicted molar refractivity (Wildman–Crippen MR) is 199 cm³/mol. The van der Waals surface area contributed by atoms with Crippen LogP contribution in [0, 0.1) is 17.8 Å². The van der Waals surface area contributed by atoms with Crippen LogP contribution < -0.4 is 24.8 Å². The van der Waals surface area contributed by atoms with Crippen LogP contribution in [0.1, 0.15) is 65.7 Å². The van der Waals surface area contributed by atoms with Gasteiger partial charge in [0.25, 0.3) is 5.91 Å². The number of benzene rings is 1. The maximum Gasteiger partial charge on any atom is 0.405 e. The summed E-state index contributed by atoms with van der Waals surface area (Å²) in [5.41, 5.74) is -1.57. The highest BCUT2D eigenvalue weighted by molar-refractivity contribution is 7.91. The van der Waals surface area contributed by atoms with Gasteiger partial charge in [-0.25, -0.2) is 13.2 Å². The number of fused-ring (bicyclic) bond motifs is 3. The monoisotopic (exact) mass is 789 g/mol. The Hall–Kier alpha value is -4.15. The Balaban J connectivity index is 1.35. The van der Waals surface area contributed by atoms with E-state index in [1.54, 1.807) is 45.2 Å². The molecule has 17 heteroatoms. The van der Waals surface area contributed by atoms with Gasteiger partial charge >= 0.3 is 6.09 Å². The number of amides is 4. The fourth-order valence-corrected chi connectivity index (χ4v) is 9.01. The van der Waals surface area contributed by atoms with E-state index in [-0.39, 0.29) is 43.7 Å². The molecule has 3 heterocycles. The number of methoxy groups -OCH3 is 1. The number of carbonyl (C=O) groups is 4. The summed E-state index contributed by atoms with van der Waals surface area (Å²) in [7, 11) is -2.48. The standard InChI is InChI=1S/C37H48ClN5O10S/c1-21-8-5-6-9-23-19-37(23,34(46)42-54(49,50)36(3)12-13-36)41-31(44)28-17-24(20-43(28)33(45)30(22(2)16-21)40-35(47)48)53-32-25-10-7-11-27(38)26(25)18-29(39-32)52-15-14-51-4/h6-7,9-11,18,21-24,28,30,40H,5,8,12-17,19-20H2,1-4H3,(H,41,44)(H,42,46)(H,47,48)/t21-,22-,23-,24-,28+,30+,37-/m1/s1. The molecule has 2 aliphatic heterocycles. The first kappa shape index (κ1) is 39.5. The Morgan fingerprint density at radius 2 is 1.91 bits per heavy atom. The molecule has 1 saturated heterocycles. The molecule has 2 aromatic rings. The zero-order valence-electron chi connectivity index (χ0n) is 30.8. The normalized spacial score (nSPS) is 29.5. The summed E-state index contributed by atoms with van der Waals surface area (Å²) in [4.78, 5) is 60.6. The summed E-state index contributed by atoms with van der Waals surface area (Å²) in [5.74, 6) is -2.61. The van der Waals surface area contributed by atoms with E-state index < -0.39 is 74.1 Å². The summed E-state index contributed by atoms with van der Waals surface area (Å²) >= 11 is 6.55. The molecular weight excluding hydrogens is 742 g/mol. The predicted octanol–water partition coefficient (Wildman–Crippen LogP) is 3.78. The number of aromatic nitrogens is 1. The number of rotatable bonds is 10. The molecule has 0 unspecified atom stereocenters. The van der Waals surface area contributed by atoms with Crippen LogP contribution in [0.5, 0.6) is 11.8 Å². The number of ether oxygens (including phenoxy) is 3. The molecule has 7 atom stereocenters.